The summed E-state index contributed by atoms with van der Waals surface area (Å²) in [6, 6.07) is 3.65. The molecule has 0 N–H and O–H groups in total. The Morgan fingerprint density at radius 3 is 2.58 bits per heavy atom. The molecule has 0 radical (unpaired) electrons. The second-order valence-corrected chi connectivity index (χ2v) is 8.93. The molecule has 3 saturated heterocycles. The van der Waals surface area contributed by atoms with Gasteiger partial charge in [0.25, 0.3) is 10.2 Å². The molecule has 2 atom stereocenters. The predicted octanol–water partition coefficient (Wildman–Crippen LogP) is 0.353. The highest BCUT2D eigenvalue weighted by Crippen LogP contribution is 2.30. The standard InChI is InChI=1S/C16H24N4O3S/c1-18(2)24(22,23)19-10-14-3-4-15(12-19)20(11-14)16(21)9-13-5-7-17-8-6-13/h5-8,14-15H,3-4,9-12H2,1-2H3/t14-,15+/m1/s1. The number of pyridine rings is 1. The number of hydrogen-bond acceptors (Lipinski definition) is 4. The summed E-state index contributed by atoms with van der Waals surface area (Å²) in [5.74, 6) is 0.278. The van der Waals surface area contributed by atoms with Crippen LogP contribution in [0.2, 0.25) is 0 Å². The van der Waals surface area contributed by atoms with Gasteiger partial charge in [0.2, 0.25) is 5.91 Å². The van der Waals surface area contributed by atoms with Crippen LogP contribution in [-0.2, 0) is 21.4 Å². The van der Waals surface area contributed by atoms with E-state index >= 15 is 0 Å². The van der Waals surface area contributed by atoms with E-state index in [0.29, 0.717) is 26.1 Å². The van der Waals surface area contributed by atoms with E-state index < -0.39 is 10.2 Å². The van der Waals surface area contributed by atoms with Crippen LogP contribution < -0.4 is 0 Å². The molecule has 0 unspecified atom stereocenters. The lowest BCUT2D eigenvalue weighted by molar-refractivity contribution is -0.134. The van der Waals surface area contributed by atoms with Gasteiger partial charge in [0.15, 0.2) is 0 Å². The third-order valence-electron chi connectivity index (χ3n) is 4.89. The third-order valence-corrected chi connectivity index (χ3v) is 6.77. The summed E-state index contributed by atoms with van der Waals surface area (Å²) in [6.07, 6.45) is 5.55. The van der Waals surface area contributed by atoms with Crippen molar-refractivity contribution < 1.29 is 13.2 Å². The average Bonchev–Trinajstić information content (AvgIpc) is 2.88. The van der Waals surface area contributed by atoms with Crippen molar-refractivity contribution in [1.29, 1.82) is 0 Å². The van der Waals surface area contributed by atoms with E-state index in [-0.39, 0.29) is 17.9 Å². The van der Waals surface area contributed by atoms with Gasteiger partial charge in [-0.15, -0.1) is 0 Å². The van der Waals surface area contributed by atoms with E-state index in [1.165, 1.54) is 8.61 Å². The molecule has 7 nitrogen and oxygen atoms in total. The summed E-state index contributed by atoms with van der Waals surface area (Å²) in [5, 5.41) is 0. The van der Waals surface area contributed by atoms with Crippen LogP contribution in [-0.4, -0.2) is 72.6 Å². The molecule has 0 saturated carbocycles. The van der Waals surface area contributed by atoms with Crippen molar-refractivity contribution in [3.63, 3.8) is 0 Å². The van der Waals surface area contributed by atoms with Gasteiger partial charge in [0.05, 0.1) is 6.42 Å². The first-order valence-electron chi connectivity index (χ1n) is 8.24. The van der Waals surface area contributed by atoms with E-state index in [1.807, 2.05) is 17.0 Å². The molecule has 1 aromatic heterocycles. The van der Waals surface area contributed by atoms with Crippen LogP contribution in [0.1, 0.15) is 18.4 Å². The van der Waals surface area contributed by atoms with Crippen molar-refractivity contribution in [2.24, 2.45) is 5.92 Å². The first-order valence-corrected chi connectivity index (χ1v) is 9.63. The SMILES string of the molecule is CN(C)S(=O)(=O)N1C[C@H]2CC[C@@H](C1)N(C(=O)Cc1ccncc1)C2. The van der Waals surface area contributed by atoms with Crippen molar-refractivity contribution in [2.45, 2.75) is 25.3 Å². The maximum absolute atomic E-state index is 12.7. The zero-order valence-corrected chi connectivity index (χ0v) is 14.9. The quantitative estimate of drug-likeness (QED) is 0.784. The molecule has 132 valence electrons. The van der Waals surface area contributed by atoms with E-state index in [0.717, 1.165) is 18.4 Å². The highest BCUT2D eigenvalue weighted by Gasteiger charge is 2.41. The summed E-state index contributed by atoms with van der Waals surface area (Å²) >= 11 is 0. The second-order valence-electron chi connectivity index (χ2n) is 6.78. The van der Waals surface area contributed by atoms with Gasteiger partial charge >= 0.3 is 0 Å². The molecular weight excluding hydrogens is 328 g/mol. The second kappa shape index (κ2) is 6.78. The Morgan fingerprint density at radius 2 is 1.92 bits per heavy atom. The fraction of sp³-hybridized carbons (Fsp3) is 0.625. The molecule has 0 aromatic carbocycles. The van der Waals surface area contributed by atoms with E-state index in [1.54, 1.807) is 26.5 Å². The Morgan fingerprint density at radius 1 is 1.21 bits per heavy atom. The van der Waals surface area contributed by atoms with Crippen LogP contribution >= 0.6 is 0 Å². The van der Waals surface area contributed by atoms with Gasteiger partial charge in [-0.1, -0.05) is 0 Å². The molecule has 0 spiro atoms. The van der Waals surface area contributed by atoms with Crippen LogP contribution in [0.3, 0.4) is 0 Å². The molecule has 2 bridgehead atoms. The first kappa shape index (κ1) is 17.3. The topological polar surface area (TPSA) is 73.8 Å². The lowest BCUT2D eigenvalue weighted by atomic mass is 9.94. The number of fused-ring (bicyclic) bond motifs is 4. The normalized spacial score (nSPS) is 25.0. The minimum atomic E-state index is -3.44. The van der Waals surface area contributed by atoms with Crippen molar-refractivity contribution in [3.8, 4) is 0 Å². The van der Waals surface area contributed by atoms with E-state index in [9.17, 15) is 13.2 Å². The number of carbonyl (C=O) groups is 1. The third kappa shape index (κ3) is 3.45. The molecule has 3 aliphatic rings. The molecule has 4 heterocycles. The predicted molar refractivity (Wildman–Crippen MR) is 90.3 cm³/mol. The van der Waals surface area contributed by atoms with Gasteiger partial charge in [-0.3, -0.25) is 9.78 Å². The summed E-state index contributed by atoms with van der Waals surface area (Å²) in [6.45, 7) is 1.53. The monoisotopic (exact) mass is 352 g/mol. The lowest BCUT2D eigenvalue weighted by Gasteiger charge is -2.36. The number of carbonyl (C=O) groups excluding carboxylic acids is 1. The summed E-state index contributed by atoms with van der Waals surface area (Å²) < 4.78 is 27.7. The van der Waals surface area contributed by atoms with Crippen LogP contribution in [0.15, 0.2) is 24.5 Å². The fourth-order valence-corrected chi connectivity index (χ4v) is 4.76. The smallest absolute Gasteiger partial charge is 0.281 e. The molecule has 1 aromatic rings. The largest absolute Gasteiger partial charge is 0.338 e. The van der Waals surface area contributed by atoms with Gasteiger partial charge in [-0.2, -0.15) is 17.0 Å². The van der Waals surface area contributed by atoms with Crippen LogP contribution in [0.5, 0.6) is 0 Å². The number of rotatable bonds is 4. The van der Waals surface area contributed by atoms with Gasteiger partial charge < -0.3 is 4.90 Å². The zero-order valence-electron chi connectivity index (χ0n) is 14.1. The zero-order chi connectivity index (χ0) is 17.3. The van der Waals surface area contributed by atoms with Crippen molar-refractivity contribution in [3.05, 3.63) is 30.1 Å². The molecule has 0 aliphatic carbocycles. The van der Waals surface area contributed by atoms with Gasteiger partial charge in [0, 0.05) is 52.2 Å². The Hall–Kier alpha value is -1.51. The highest BCUT2D eigenvalue weighted by atomic mass is 32.2. The molecule has 8 heteroatoms. The molecule has 24 heavy (non-hydrogen) atoms. The fourth-order valence-electron chi connectivity index (χ4n) is 3.54. The van der Waals surface area contributed by atoms with Gasteiger partial charge in [-0.25, -0.2) is 0 Å². The Labute approximate surface area is 143 Å². The summed E-state index contributed by atoms with van der Waals surface area (Å²) in [7, 11) is -0.337. The highest BCUT2D eigenvalue weighted by molar-refractivity contribution is 7.86. The Bertz CT molecular complexity index is 693. The molecular formula is C16H24N4O3S. The number of amides is 1. The number of piperidine rings is 1. The van der Waals surface area contributed by atoms with E-state index in [2.05, 4.69) is 4.98 Å². The summed E-state index contributed by atoms with van der Waals surface area (Å²) in [5.41, 5.74) is 0.938. The van der Waals surface area contributed by atoms with Crippen LogP contribution in [0, 0.1) is 5.92 Å². The molecule has 3 aliphatic heterocycles. The lowest BCUT2D eigenvalue weighted by Crippen LogP contribution is -2.49. The van der Waals surface area contributed by atoms with E-state index in [4.69, 9.17) is 0 Å². The first-order chi connectivity index (χ1) is 11.4. The Kier molecular flexibility index (Phi) is 4.89. The van der Waals surface area contributed by atoms with Crippen LogP contribution in [0.25, 0.3) is 0 Å². The minimum Gasteiger partial charge on any atom is -0.338 e. The van der Waals surface area contributed by atoms with Gasteiger partial charge in [-0.05, 0) is 36.5 Å². The Balaban J connectivity index is 1.75. The van der Waals surface area contributed by atoms with Crippen molar-refractivity contribution in [2.75, 3.05) is 33.7 Å². The number of hydrogen-bond donors (Lipinski definition) is 0. The summed E-state index contributed by atoms with van der Waals surface area (Å²) in [4.78, 5) is 18.6. The molecule has 4 rings (SSSR count). The van der Waals surface area contributed by atoms with Crippen LogP contribution in [0.4, 0.5) is 0 Å². The van der Waals surface area contributed by atoms with Crippen molar-refractivity contribution >= 4 is 16.1 Å². The number of aromatic nitrogens is 1. The van der Waals surface area contributed by atoms with Crippen molar-refractivity contribution in [1.82, 2.24) is 18.5 Å². The molecule has 3 fully saturated rings. The van der Waals surface area contributed by atoms with Gasteiger partial charge in [0.1, 0.15) is 0 Å². The average molecular weight is 352 g/mol. The minimum absolute atomic E-state index is 0.0344. The number of nitrogens with zero attached hydrogens (tertiary/aromatic N) is 4. The maximum atomic E-state index is 12.7. The molecule has 1 amide bonds. The maximum Gasteiger partial charge on any atom is 0.281 e.